The van der Waals surface area contributed by atoms with E-state index in [1.165, 1.54) is 0 Å². The number of hydrogen-bond donors (Lipinski definition) is 7. The van der Waals surface area contributed by atoms with Crippen LogP contribution in [0.15, 0.2) is 30.3 Å². The first kappa shape index (κ1) is 29.5. The Morgan fingerprint density at radius 1 is 0.914 bits per heavy atom. The average molecular weight is 494 g/mol. The lowest BCUT2D eigenvalue weighted by Crippen LogP contribution is -2.58. The van der Waals surface area contributed by atoms with Crippen molar-refractivity contribution in [3.8, 4) is 0 Å². The van der Waals surface area contributed by atoms with Crippen LogP contribution in [0.5, 0.6) is 0 Å². The molecule has 0 bridgehead atoms. The zero-order valence-electron chi connectivity index (χ0n) is 19.9. The van der Waals surface area contributed by atoms with Crippen molar-refractivity contribution >= 4 is 29.6 Å². The van der Waals surface area contributed by atoms with Crippen molar-refractivity contribution in [2.45, 2.75) is 63.7 Å². The van der Waals surface area contributed by atoms with Crippen molar-refractivity contribution < 1.29 is 34.2 Å². The molecule has 12 nitrogen and oxygen atoms in total. The Labute approximate surface area is 203 Å². The SMILES string of the molecule is CCC(C)C(N)C(=O)NC(CCC(N)=O)C(=O)NC(Cc1ccccc1)C(=O)NC(CO)C(=O)O. The second kappa shape index (κ2) is 14.7. The lowest BCUT2D eigenvalue weighted by molar-refractivity contribution is -0.143. The van der Waals surface area contributed by atoms with E-state index in [-0.39, 0.29) is 25.2 Å². The molecule has 0 saturated carbocycles. The molecule has 12 heteroatoms. The molecule has 194 valence electrons. The fraction of sp³-hybridized carbons (Fsp3) is 0.522. The quantitative estimate of drug-likeness (QED) is 0.151. The average Bonchev–Trinajstić information content (AvgIpc) is 2.83. The third-order valence-corrected chi connectivity index (χ3v) is 5.58. The summed E-state index contributed by atoms with van der Waals surface area (Å²) >= 11 is 0. The number of aliphatic carboxylic acids is 1. The van der Waals surface area contributed by atoms with Crippen LogP contribution in [0.4, 0.5) is 0 Å². The van der Waals surface area contributed by atoms with E-state index in [1.807, 2.05) is 6.92 Å². The van der Waals surface area contributed by atoms with Crippen LogP contribution in [0.3, 0.4) is 0 Å². The number of aliphatic hydroxyl groups excluding tert-OH is 1. The Morgan fingerprint density at radius 2 is 1.46 bits per heavy atom. The van der Waals surface area contributed by atoms with Gasteiger partial charge in [0.15, 0.2) is 0 Å². The monoisotopic (exact) mass is 493 g/mol. The van der Waals surface area contributed by atoms with Gasteiger partial charge in [-0.25, -0.2) is 4.79 Å². The third-order valence-electron chi connectivity index (χ3n) is 5.58. The van der Waals surface area contributed by atoms with Gasteiger partial charge in [0.1, 0.15) is 18.1 Å². The second-order valence-electron chi connectivity index (χ2n) is 8.31. The Hall–Kier alpha value is -3.51. The fourth-order valence-electron chi connectivity index (χ4n) is 3.12. The molecule has 5 atom stereocenters. The summed E-state index contributed by atoms with van der Waals surface area (Å²) < 4.78 is 0. The highest BCUT2D eigenvalue weighted by molar-refractivity contribution is 5.94. The van der Waals surface area contributed by atoms with E-state index in [9.17, 15) is 29.1 Å². The van der Waals surface area contributed by atoms with E-state index >= 15 is 0 Å². The molecule has 0 saturated heterocycles. The van der Waals surface area contributed by atoms with Gasteiger partial charge in [-0.1, -0.05) is 50.6 Å². The van der Waals surface area contributed by atoms with Gasteiger partial charge in [-0.05, 0) is 17.9 Å². The molecule has 4 amide bonds. The summed E-state index contributed by atoms with van der Waals surface area (Å²) in [6.07, 6.45) is 0.285. The van der Waals surface area contributed by atoms with Gasteiger partial charge in [0.05, 0.1) is 12.6 Å². The molecule has 5 unspecified atom stereocenters. The minimum atomic E-state index is -1.57. The van der Waals surface area contributed by atoms with E-state index in [1.54, 1.807) is 37.3 Å². The van der Waals surface area contributed by atoms with Crippen LogP contribution in [0.25, 0.3) is 0 Å². The first-order chi connectivity index (χ1) is 16.5. The second-order valence-corrected chi connectivity index (χ2v) is 8.31. The molecule has 0 aliphatic heterocycles. The van der Waals surface area contributed by atoms with Gasteiger partial charge in [0.2, 0.25) is 23.6 Å². The van der Waals surface area contributed by atoms with Crippen molar-refractivity contribution in [3.05, 3.63) is 35.9 Å². The van der Waals surface area contributed by atoms with Gasteiger partial charge >= 0.3 is 5.97 Å². The minimum Gasteiger partial charge on any atom is -0.480 e. The van der Waals surface area contributed by atoms with E-state index in [0.717, 1.165) is 0 Å². The van der Waals surface area contributed by atoms with Crippen molar-refractivity contribution in [2.75, 3.05) is 6.61 Å². The highest BCUT2D eigenvalue weighted by Gasteiger charge is 2.31. The van der Waals surface area contributed by atoms with E-state index in [4.69, 9.17) is 16.6 Å². The number of carboxylic acids is 1. The number of aliphatic hydroxyl groups is 1. The molecular weight excluding hydrogens is 458 g/mol. The van der Waals surface area contributed by atoms with Crippen LogP contribution in [-0.4, -0.2) is 70.6 Å². The number of carboxylic acid groups (broad SMARTS) is 1. The smallest absolute Gasteiger partial charge is 0.328 e. The summed E-state index contributed by atoms with van der Waals surface area (Å²) in [7, 11) is 0. The van der Waals surface area contributed by atoms with Crippen LogP contribution in [0.2, 0.25) is 0 Å². The lowest BCUT2D eigenvalue weighted by atomic mass is 9.98. The fourth-order valence-corrected chi connectivity index (χ4v) is 3.12. The molecule has 0 heterocycles. The standard InChI is InChI=1S/C23H35N5O7/c1-3-13(2)19(25)22(33)26-15(9-10-18(24)30)20(31)27-16(11-14-7-5-4-6-8-14)21(32)28-17(12-29)23(34)35/h4-8,13,15-17,19,29H,3,9-12,25H2,1-2H3,(H2,24,30)(H,26,33)(H,27,31)(H,28,32)(H,34,35). The Kier molecular flexibility index (Phi) is 12.4. The maximum atomic E-state index is 13.1. The molecule has 0 radical (unpaired) electrons. The van der Waals surface area contributed by atoms with Gasteiger partial charge in [0.25, 0.3) is 0 Å². The molecule has 1 rings (SSSR count). The summed E-state index contributed by atoms with van der Waals surface area (Å²) in [5.41, 5.74) is 11.8. The predicted octanol–water partition coefficient (Wildman–Crippen LogP) is -1.60. The molecule has 1 aromatic rings. The molecule has 0 aliphatic rings. The first-order valence-electron chi connectivity index (χ1n) is 11.3. The van der Waals surface area contributed by atoms with Crippen molar-refractivity contribution in [2.24, 2.45) is 17.4 Å². The third kappa shape index (κ3) is 10.1. The van der Waals surface area contributed by atoms with Gasteiger partial charge < -0.3 is 37.6 Å². The minimum absolute atomic E-state index is 0.000943. The summed E-state index contributed by atoms with van der Waals surface area (Å²) in [5, 5.41) is 25.6. The maximum absolute atomic E-state index is 13.1. The first-order valence-corrected chi connectivity index (χ1v) is 11.3. The number of carbonyl (C=O) groups excluding carboxylic acids is 4. The summed E-state index contributed by atoms with van der Waals surface area (Å²) in [6, 6.07) is 3.72. The Morgan fingerprint density at radius 3 is 1.97 bits per heavy atom. The van der Waals surface area contributed by atoms with Crippen LogP contribution in [0, 0.1) is 5.92 Å². The van der Waals surface area contributed by atoms with Crippen LogP contribution >= 0.6 is 0 Å². The zero-order valence-corrected chi connectivity index (χ0v) is 19.9. The number of rotatable bonds is 15. The molecule has 0 aromatic heterocycles. The lowest BCUT2D eigenvalue weighted by Gasteiger charge is -2.26. The van der Waals surface area contributed by atoms with Gasteiger partial charge in [0, 0.05) is 12.8 Å². The van der Waals surface area contributed by atoms with Gasteiger partial charge in [-0.3, -0.25) is 19.2 Å². The number of primary amides is 1. The summed E-state index contributed by atoms with van der Waals surface area (Å²) in [4.78, 5) is 61.0. The largest absolute Gasteiger partial charge is 0.480 e. The molecule has 1 aromatic carbocycles. The predicted molar refractivity (Wildman–Crippen MR) is 127 cm³/mol. The van der Waals surface area contributed by atoms with E-state index in [0.29, 0.717) is 12.0 Å². The molecule has 9 N–H and O–H groups in total. The number of hydrogen-bond acceptors (Lipinski definition) is 7. The van der Waals surface area contributed by atoms with Crippen LogP contribution < -0.4 is 27.4 Å². The Bertz CT molecular complexity index is 880. The van der Waals surface area contributed by atoms with E-state index in [2.05, 4.69) is 16.0 Å². The summed E-state index contributed by atoms with van der Waals surface area (Å²) in [5.74, 6) is -4.52. The van der Waals surface area contributed by atoms with E-state index < -0.39 is 60.4 Å². The van der Waals surface area contributed by atoms with Gasteiger partial charge in [-0.2, -0.15) is 0 Å². The van der Waals surface area contributed by atoms with Crippen molar-refractivity contribution in [1.29, 1.82) is 0 Å². The highest BCUT2D eigenvalue weighted by atomic mass is 16.4. The van der Waals surface area contributed by atoms with Crippen LogP contribution in [0.1, 0.15) is 38.7 Å². The molecule has 35 heavy (non-hydrogen) atoms. The highest BCUT2D eigenvalue weighted by Crippen LogP contribution is 2.08. The van der Waals surface area contributed by atoms with Gasteiger partial charge in [-0.15, -0.1) is 0 Å². The number of nitrogens with one attached hydrogen (secondary N) is 3. The maximum Gasteiger partial charge on any atom is 0.328 e. The number of nitrogens with two attached hydrogens (primary N) is 2. The molecular formula is C23H35N5O7. The zero-order chi connectivity index (χ0) is 26.5. The summed E-state index contributed by atoms with van der Waals surface area (Å²) in [6.45, 7) is 2.79. The normalized spacial score (nSPS) is 15.1. The molecule has 0 fully saturated rings. The topological polar surface area (TPSA) is 214 Å². The number of benzene rings is 1. The van der Waals surface area contributed by atoms with Crippen LogP contribution in [-0.2, 0) is 30.4 Å². The number of carbonyl (C=O) groups is 5. The Balaban J connectivity index is 3.11. The molecule has 0 aliphatic carbocycles. The number of amides is 4. The van der Waals surface area contributed by atoms with Crippen molar-refractivity contribution in [3.63, 3.8) is 0 Å². The molecule has 0 spiro atoms. The van der Waals surface area contributed by atoms with Crippen molar-refractivity contribution in [1.82, 2.24) is 16.0 Å².